The predicted octanol–water partition coefficient (Wildman–Crippen LogP) is 5.50. The first-order valence-electron chi connectivity index (χ1n) is 10.3. The van der Waals surface area contributed by atoms with E-state index in [9.17, 15) is 9.90 Å². The number of aliphatic hydroxyl groups excluding tert-OH is 1. The highest BCUT2D eigenvalue weighted by Crippen LogP contribution is 2.57. The molecule has 0 spiro atoms. The number of aryl methyl sites for hydroxylation is 1. The van der Waals surface area contributed by atoms with Crippen molar-refractivity contribution in [3.63, 3.8) is 0 Å². The van der Waals surface area contributed by atoms with Gasteiger partial charge in [-0.05, 0) is 83.1 Å². The largest absolute Gasteiger partial charge is 0.511 e. The first-order valence-corrected chi connectivity index (χ1v) is 11.1. The number of allylic oxidation sites excluding steroid dienone is 2. The van der Waals surface area contributed by atoms with Crippen molar-refractivity contribution in [1.29, 1.82) is 0 Å². The maximum atomic E-state index is 13.4. The molecule has 0 aliphatic heterocycles. The monoisotopic (exact) mass is 454 g/mol. The highest BCUT2D eigenvalue weighted by atomic mass is 79.9. The third-order valence-electron chi connectivity index (χ3n) is 6.88. The normalized spacial score (nSPS) is 28.0. The highest BCUT2D eigenvalue weighted by Gasteiger charge is 2.54. The molecule has 0 saturated heterocycles. The lowest BCUT2D eigenvalue weighted by Crippen LogP contribution is -2.41. The molecule has 2 aromatic rings. The molecule has 4 aliphatic carbocycles. The number of nitrogens with zero attached hydrogens (tertiary/aromatic N) is 2. The molecule has 1 aromatic heterocycles. The molecule has 2 unspecified atom stereocenters. The summed E-state index contributed by atoms with van der Waals surface area (Å²) in [6.45, 7) is 2.06. The number of ether oxygens (including phenoxy) is 1. The van der Waals surface area contributed by atoms with E-state index in [0.717, 1.165) is 47.7 Å². The van der Waals surface area contributed by atoms with E-state index in [1.807, 2.05) is 18.2 Å². The molecule has 2 bridgehead atoms. The molecule has 2 atom stereocenters. The van der Waals surface area contributed by atoms with Gasteiger partial charge in [0, 0.05) is 24.2 Å². The summed E-state index contributed by atoms with van der Waals surface area (Å²) in [4.78, 5) is 21.7. The molecule has 150 valence electrons. The quantitative estimate of drug-likeness (QED) is 0.660. The summed E-state index contributed by atoms with van der Waals surface area (Å²) in [5.41, 5.74) is 2.34. The summed E-state index contributed by atoms with van der Waals surface area (Å²) in [6, 6.07) is 5.92. The Morgan fingerprint density at radius 3 is 2.38 bits per heavy atom. The molecular formula is C23H23BrN2O3. The summed E-state index contributed by atoms with van der Waals surface area (Å²) >= 11 is 3.31. The molecule has 6 rings (SSSR count). The Bertz CT molecular complexity index is 994. The number of Topliss-reactive ketones (excluding diaryl/α,β-unsaturated/α-hetero) is 1. The molecule has 5 nitrogen and oxygen atoms in total. The van der Waals surface area contributed by atoms with Crippen molar-refractivity contribution in [1.82, 2.24) is 9.97 Å². The van der Waals surface area contributed by atoms with Crippen LogP contribution in [-0.4, -0.2) is 20.9 Å². The van der Waals surface area contributed by atoms with E-state index < -0.39 is 0 Å². The lowest BCUT2D eigenvalue weighted by molar-refractivity contribution is -0.123. The number of rotatable bonds is 4. The topological polar surface area (TPSA) is 72.3 Å². The molecule has 0 radical (unpaired) electrons. The molecule has 1 aromatic carbocycles. The minimum Gasteiger partial charge on any atom is -0.511 e. The Labute approximate surface area is 178 Å². The number of ketones is 1. The Kier molecular flexibility index (Phi) is 4.69. The molecular weight excluding hydrogens is 432 g/mol. The van der Waals surface area contributed by atoms with Crippen LogP contribution in [0.4, 0.5) is 0 Å². The fraction of sp³-hybridized carbons (Fsp3) is 0.435. The maximum absolute atomic E-state index is 13.4. The van der Waals surface area contributed by atoms with Crippen LogP contribution in [0.15, 0.2) is 40.8 Å². The number of benzene rings is 1. The average molecular weight is 455 g/mol. The number of halogens is 1. The Morgan fingerprint density at radius 1 is 1.10 bits per heavy atom. The zero-order valence-corrected chi connectivity index (χ0v) is 17.9. The van der Waals surface area contributed by atoms with E-state index in [4.69, 9.17) is 4.74 Å². The summed E-state index contributed by atoms with van der Waals surface area (Å²) in [5, 5.41) is 11.1. The van der Waals surface area contributed by atoms with Gasteiger partial charge in [0.2, 0.25) is 0 Å². The highest BCUT2D eigenvalue weighted by molar-refractivity contribution is 9.10. The average Bonchev–Trinajstić information content (AvgIpc) is 3.03. The van der Waals surface area contributed by atoms with E-state index in [0.29, 0.717) is 28.9 Å². The van der Waals surface area contributed by atoms with Crippen molar-refractivity contribution in [3.05, 3.63) is 52.0 Å². The Morgan fingerprint density at radius 2 is 1.76 bits per heavy atom. The minimum absolute atomic E-state index is 0.00841. The number of carbonyl (C=O) groups is 1. The van der Waals surface area contributed by atoms with Gasteiger partial charge >= 0.3 is 6.01 Å². The van der Waals surface area contributed by atoms with Crippen molar-refractivity contribution >= 4 is 27.3 Å². The van der Waals surface area contributed by atoms with Crippen LogP contribution >= 0.6 is 15.9 Å². The number of aliphatic hydroxyl groups is 1. The Balaban J connectivity index is 1.54. The lowest BCUT2D eigenvalue weighted by Gasteiger charge is -2.44. The van der Waals surface area contributed by atoms with Crippen molar-refractivity contribution < 1.29 is 14.6 Å². The van der Waals surface area contributed by atoms with Gasteiger partial charge in [-0.25, -0.2) is 9.97 Å². The van der Waals surface area contributed by atoms with Gasteiger partial charge in [0.25, 0.3) is 0 Å². The third kappa shape index (κ3) is 3.08. The van der Waals surface area contributed by atoms with Gasteiger partial charge in [-0.3, -0.25) is 4.79 Å². The zero-order chi connectivity index (χ0) is 20.1. The maximum Gasteiger partial charge on any atom is 0.321 e. The smallest absolute Gasteiger partial charge is 0.321 e. The SMILES string of the molecule is CCc1ccc(Oc2ncc(Br)cn2)cc1C1=C(O)C2C3CCC(CC3)C2C1=O. The van der Waals surface area contributed by atoms with Crippen LogP contribution in [-0.2, 0) is 11.2 Å². The summed E-state index contributed by atoms with van der Waals surface area (Å²) in [7, 11) is 0. The van der Waals surface area contributed by atoms with Gasteiger partial charge in [0.1, 0.15) is 11.5 Å². The number of hydrogen-bond acceptors (Lipinski definition) is 5. The van der Waals surface area contributed by atoms with Crippen LogP contribution in [0.25, 0.3) is 5.57 Å². The lowest BCUT2D eigenvalue weighted by atomic mass is 9.59. The zero-order valence-electron chi connectivity index (χ0n) is 16.3. The van der Waals surface area contributed by atoms with E-state index in [2.05, 4.69) is 32.8 Å². The van der Waals surface area contributed by atoms with Crippen molar-refractivity contribution in [2.45, 2.75) is 39.0 Å². The fourth-order valence-electron chi connectivity index (χ4n) is 5.57. The Hall–Kier alpha value is -2.21. The van der Waals surface area contributed by atoms with Crippen molar-refractivity contribution in [2.24, 2.45) is 23.7 Å². The molecule has 1 N–H and O–H groups in total. The van der Waals surface area contributed by atoms with E-state index >= 15 is 0 Å². The molecule has 0 amide bonds. The van der Waals surface area contributed by atoms with Crippen LogP contribution in [0, 0.1) is 23.7 Å². The van der Waals surface area contributed by atoms with Crippen LogP contribution in [0.3, 0.4) is 0 Å². The van der Waals surface area contributed by atoms with Gasteiger partial charge in [-0.1, -0.05) is 13.0 Å². The standard InChI is InChI=1S/C23H23BrN2O3/c1-2-12-7-8-16(29-23-25-10-15(24)11-26-23)9-17(12)20-21(27)18-13-3-4-14(6-5-13)19(18)22(20)28/h7-11,13-14,18-19,27H,2-6H2,1H3. The second-order valence-corrected chi connectivity index (χ2v) is 9.23. The van der Waals surface area contributed by atoms with Gasteiger partial charge < -0.3 is 9.84 Å². The molecule has 4 aliphatic rings. The number of aromatic nitrogens is 2. The predicted molar refractivity (Wildman–Crippen MR) is 113 cm³/mol. The van der Waals surface area contributed by atoms with Gasteiger partial charge in [-0.15, -0.1) is 0 Å². The van der Waals surface area contributed by atoms with E-state index in [-0.39, 0.29) is 23.6 Å². The van der Waals surface area contributed by atoms with Crippen LogP contribution < -0.4 is 4.74 Å². The first kappa shape index (κ1) is 18.8. The van der Waals surface area contributed by atoms with Crippen LogP contribution in [0.1, 0.15) is 43.7 Å². The van der Waals surface area contributed by atoms with Crippen molar-refractivity contribution in [3.8, 4) is 11.8 Å². The number of carbonyl (C=O) groups excluding carboxylic acids is 1. The van der Waals surface area contributed by atoms with Gasteiger partial charge in [0.15, 0.2) is 5.78 Å². The molecule has 3 saturated carbocycles. The molecule has 1 heterocycles. The van der Waals surface area contributed by atoms with Gasteiger partial charge in [0.05, 0.1) is 10.0 Å². The second-order valence-electron chi connectivity index (χ2n) is 8.31. The van der Waals surface area contributed by atoms with Gasteiger partial charge in [-0.2, -0.15) is 0 Å². The second kappa shape index (κ2) is 7.24. The molecule has 3 fully saturated rings. The fourth-order valence-corrected chi connectivity index (χ4v) is 5.77. The molecule has 29 heavy (non-hydrogen) atoms. The first-order chi connectivity index (χ1) is 14.1. The summed E-state index contributed by atoms with van der Waals surface area (Å²) in [6.07, 6.45) is 8.50. The summed E-state index contributed by atoms with van der Waals surface area (Å²) in [5.74, 6) is 1.81. The minimum atomic E-state index is -0.0402. The van der Waals surface area contributed by atoms with Crippen LogP contribution in [0.5, 0.6) is 11.8 Å². The van der Waals surface area contributed by atoms with Crippen molar-refractivity contribution in [2.75, 3.05) is 0 Å². The van der Waals surface area contributed by atoms with Crippen LogP contribution in [0.2, 0.25) is 0 Å². The third-order valence-corrected chi connectivity index (χ3v) is 7.29. The number of hydrogen-bond donors (Lipinski definition) is 1. The van der Waals surface area contributed by atoms with E-state index in [1.165, 1.54) is 0 Å². The number of fused-ring (bicyclic) bond motifs is 2. The van der Waals surface area contributed by atoms with E-state index in [1.54, 1.807) is 12.4 Å². The summed E-state index contributed by atoms with van der Waals surface area (Å²) < 4.78 is 6.59. The molecule has 6 heteroatoms.